The third kappa shape index (κ3) is 4.93. The fraction of sp³-hybridized carbons (Fsp3) is 0.667. The molecule has 12 nitrogen and oxygen atoms in total. The molecule has 242 valence electrons. The molecule has 2 saturated heterocycles. The van der Waals surface area contributed by atoms with Gasteiger partial charge in [0.1, 0.15) is 18.1 Å². The van der Waals surface area contributed by atoms with Crippen LogP contribution in [0.15, 0.2) is 18.3 Å². The van der Waals surface area contributed by atoms with E-state index in [9.17, 15) is 37.6 Å². The summed E-state index contributed by atoms with van der Waals surface area (Å²) in [6.07, 6.45) is -3.85. The Bertz CT molecular complexity index is 1470. The van der Waals surface area contributed by atoms with Crippen molar-refractivity contribution in [3.63, 3.8) is 0 Å². The fourth-order valence-corrected chi connectivity index (χ4v) is 8.37. The molecule has 0 aromatic carbocycles. The fourth-order valence-electron chi connectivity index (χ4n) is 8.37. The van der Waals surface area contributed by atoms with E-state index in [2.05, 4.69) is 21.7 Å². The molecular formula is C30H35F3N6O6. The molecule has 2 N–H and O–H groups in total. The lowest BCUT2D eigenvalue weighted by Gasteiger charge is -2.39. The first-order chi connectivity index (χ1) is 21.1. The SMILES string of the molecule is COC(=O)NC(C(=O)N1CC2C3CC(C2[C@H]1C(=O)N1CC2(CC1C#N)Oc1cccnc1NC2=O)C(C(F)(F)F)C3)C(C)(C)C. The van der Waals surface area contributed by atoms with Crippen molar-refractivity contribution in [2.45, 2.75) is 69.9 Å². The number of anilines is 1. The number of methoxy groups -OCH3 is 1. The van der Waals surface area contributed by atoms with Crippen LogP contribution in [0.1, 0.15) is 40.0 Å². The molecule has 45 heavy (non-hydrogen) atoms. The molecule has 1 spiro atoms. The van der Waals surface area contributed by atoms with E-state index in [1.807, 2.05) is 0 Å². The number of nitrogens with one attached hydrogen (secondary N) is 2. The minimum absolute atomic E-state index is 0.0350. The van der Waals surface area contributed by atoms with E-state index in [0.29, 0.717) is 0 Å². The Kier molecular flexibility index (Phi) is 7.20. The van der Waals surface area contributed by atoms with Gasteiger partial charge in [0.15, 0.2) is 11.6 Å². The molecule has 1 aromatic rings. The van der Waals surface area contributed by atoms with Gasteiger partial charge in [-0.1, -0.05) is 20.8 Å². The lowest BCUT2D eigenvalue weighted by molar-refractivity contribution is -0.195. The molecule has 4 amide bonds. The van der Waals surface area contributed by atoms with E-state index < -0.39 is 76.9 Å². The molecule has 5 aliphatic rings. The number of halogens is 3. The van der Waals surface area contributed by atoms with Gasteiger partial charge in [-0.3, -0.25) is 14.4 Å². The Morgan fingerprint density at radius 3 is 2.60 bits per heavy atom. The number of aromatic nitrogens is 1. The number of fused-ring (bicyclic) bond motifs is 6. The second kappa shape index (κ2) is 10.5. The maximum Gasteiger partial charge on any atom is 0.407 e. The van der Waals surface area contributed by atoms with E-state index in [-0.39, 0.29) is 55.8 Å². The number of nitriles is 1. The molecular weight excluding hydrogens is 597 g/mol. The molecule has 2 aliphatic carbocycles. The highest BCUT2D eigenvalue weighted by molar-refractivity contribution is 6.01. The van der Waals surface area contributed by atoms with Gasteiger partial charge < -0.3 is 29.9 Å². The van der Waals surface area contributed by atoms with E-state index in [0.717, 1.165) is 7.11 Å². The van der Waals surface area contributed by atoms with Gasteiger partial charge in [0.25, 0.3) is 5.91 Å². The van der Waals surface area contributed by atoms with Crippen molar-refractivity contribution in [2.24, 2.45) is 35.0 Å². The van der Waals surface area contributed by atoms with Gasteiger partial charge in [-0.05, 0) is 54.1 Å². The average Bonchev–Trinajstić information content (AvgIpc) is 3.74. The zero-order valence-electron chi connectivity index (χ0n) is 25.3. The predicted octanol–water partition coefficient (Wildman–Crippen LogP) is 2.71. The molecule has 15 heteroatoms. The number of likely N-dealkylation sites (tertiary alicyclic amines) is 2. The number of nitrogens with zero attached hydrogens (tertiary/aromatic N) is 4. The van der Waals surface area contributed by atoms with Crippen molar-refractivity contribution >= 4 is 29.6 Å². The number of amides is 4. The number of ether oxygens (including phenoxy) is 2. The van der Waals surface area contributed by atoms with Gasteiger partial charge in [-0.2, -0.15) is 18.4 Å². The minimum atomic E-state index is -4.47. The number of carbonyl (C=O) groups excluding carboxylic acids is 4. The lowest BCUT2D eigenvalue weighted by Crippen LogP contribution is -2.60. The largest absolute Gasteiger partial charge is 0.472 e. The second-order valence-electron chi connectivity index (χ2n) is 13.9. The Labute approximate surface area is 257 Å². The normalized spacial score (nSPS) is 34.0. The molecule has 3 aliphatic heterocycles. The standard InChI is InChI=1S/C30H35F3N6O6/c1-28(2,3)22(36-27(43)44-4)25(41)38-12-17-14-8-16(18(9-14)30(31,32)33)20(17)21(38)24(40)39-13-29(10-15(39)11-34)26(42)37-23-19(45-29)6-5-7-35-23/h5-7,14-18,20-22H,8-10,12-13H2,1-4H3,(H,36,43)(H,35,37,42)/t14?,15?,16?,17?,18?,20?,21-,22?,29?/m0/s1. The summed E-state index contributed by atoms with van der Waals surface area (Å²) < 4.78 is 53.4. The van der Waals surface area contributed by atoms with E-state index in [4.69, 9.17) is 9.47 Å². The number of alkyl carbamates (subject to hydrolysis) is 1. The quantitative estimate of drug-likeness (QED) is 0.516. The van der Waals surface area contributed by atoms with Crippen LogP contribution in [0.3, 0.4) is 0 Å². The average molecular weight is 633 g/mol. The number of hydrogen-bond donors (Lipinski definition) is 2. The molecule has 4 fully saturated rings. The van der Waals surface area contributed by atoms with Gasteiger partial charge >= 0.3 is 12.3 Å². The van der Waals surface area contributed by atoms with Crippen molar-refractivity contribution in [3.05, 3.63) is 18.3 Å². The van der Waals surface area contributed by atoms with E-state index >= 15 is 0 Å². The van der Waals surface area contributed by atoms with E-state index in [1.165, 1.54) is 16.0 Å². The highest BCUT2D eigenvalue weighted by Gasteiger charge is 2.68. The zero-order chi connectivity index (χ0) is 32.6. The summed E-state index contributed by atoms with van der Waals surface area (Å²) in [5.74, 6) is -5.53. The molecule has 2 bridgehead atoms. The topological polar surface area (TPSA) is 154 Å². The summed E-state index contributed by atoms with van der Waals surface area (Å²) in [6, 6.07) is 1.60. The number of rotatable bonds is 3. The van der Waals surface area contributed by atoms with Crippen molar-refractivity contribution in [1.29, 1.82) is 5.26 Å². The van der Waals surface area contributed by atoms with Crippen LogP contribution in [0.2, 0.25) is 0 Å². The van der Waals surface area contributed by atoms with E-state index in [1.54, 1.807) is 32.9 Å². The van der Waals surface area contributed by atoms with Crippen LogP contribution in [0.4, 0.5) is 23.8 Å². The lowest BCUT2D eigenvalue weighted by atomic mass is 9.72. The first-order valence-corrected chi connectivity index (χ1v) is 15.0. The number of carbonyl (C=O) groups is 4. The smallest absolute Gasteiger partial charge is 0.407 e. The van der Waals surface area contributed by atoms with Gasteiger partial charge in [0.05, 0.1) is 25.6 Å². The second-order valence-corrected chi connectivity index (χ2v) is 13.9. The molecule has 2 saturated carbocycles. The Hall–Kier alpha value is -4.09. The van der Waals surface area contributed by atoms with Crippen LogP contribution in [-0.4, -0.2) is 88.7 Å². The van der Waals surface area contributed by atoms with Crippen LogP contribution in [-0.2, 0) is 19.1 Å². The van der Waals surface area contributed by atoms with Crippen molar-refractivity contribution in [2.75, 3.05) is 25.5 Å². The number of pyridine rings is 1. The van der Waals surface area contributed by atoms with Gasteiger partial charge in [-0.15, -0.1) is 0 Å². The first kappa shape index (κ1) is 30.9. The van der Waals surface area contributed by atoms with Crippen LogP contribution < -0.4 is 15.4 Å². The monoisotopic (exact) mass is 632 g/mol. The van der Waals surface area contributed by atoms with Crippen molar-refractivity contribution in [3.8, 4) is 11.8 Å². The third-order valence-corrected chi connectivity index (χ3v) is 10.3. The summed E-state index contributed by atoms with van der Waals surface area (Å²) >= 11 is 0. The summed E-state index contributed by atoms with van der Waals surface area (Å²) in [5.41, 5.74) is -2.49. The highest BCUT2D eigenvalue weighted by Crippen LogP contribution is 2.63. The van der Waals surface area contributed by atoms with Crippen LogP contribution in [0.5, 0.6) is 5.75 Å². The van der Waals surface area contributed by atoms with Gasteiger partial charge in [-0.25, -0.2) is 9.78 Å². The summed E-state index contributed by atoms with van der Waals surface area (Å²) in [6.45, 7) is 4.83. The number of alkyl halides is 3. The summed E-state index contributed by atoms with van der Waals surface area (Å²) in [4.78, 5) is 61.0. The molecule has 0 radical (unpaired) electrons. The summed E-state index contributed by atoms with van der Waals surface area (Å²) in [5, 5.41) is 15.3. The third-order valence-electron chi connectivity index (χ3n) is 10.3. The van der Waals surface area contributed by atoms with Crippen molar-refractivity contribution < 1.29 is 41.8 Å². The van der Waals surface area contributed by atoms with Crippen LogP contribution in [0, 0.1) is 46.3 Å². The van der Waals surface area contributed by atoms with Crippen LogP contribution >= 0.6 is 0 Å². The van der Waals surface area contributed by atoms with Crippen molar-refractivity contribution in [1.82, 2.24) is 20.1 Å². The maximum atomic E-state index is 14.6. The first-order valence-electron chi connectivity index (χ1n) is 15.0. The molecule has 6 rings (SSSR count). The maximum absolute atomic E-state index is 14.6. The Morgan fingerprint density at radius 1 is 1.22 bits per heavy atom. The Balaban J connectivity index is 1.37. The molecule has 9 atom stereocenters. The van der Waals surface area contributed by atoms with Crippen LogP contribution in [0.25, 0.3) is 0 Å². The summed E-state index contributed by atoms with van der Waals surface area (Å²) in [7, 11) is 1.14. The highest BCUT2D eigenvalue weighted by atomic mass is 19.4. The van der Waals surface area contributed by atoms with Gasteiger partial charge in [0.2, 0.25) is 17.4 Å². The minimum Gasteiger partial charge on any atom is -0.472 e. The zero-order valence-corrected chi connectivity index (χ0v) is 25.3. The number of hydrogen-bond acceptors (Lipinski definition) is 8. The molecule has 8 unspecified atom stereocenters. The van der Waals surface area contributed by atoms with Gasteiger partial charge in [0, 0.05) is 19.2 Å². The predicted molar refractivity (Wildman–Crippen MR) is 149 cm³/mol. The molecule has 4 heterocycles. The molecule has 1 aromatic heterocycles. The Morgan fingerprint density at radius 2 is 1.96 bits per heavy atom.